The van der Waals surface area contributed by atoms with Crippen LogP contribution in [-0.2, 0) is 0 Å². The molecule has 0 bridgehead atoms. The highest BCUT2D eigenvalue weighted by molar-refractivity contribution is 5.36. The van der Waals surface area contributed by atoms with Crippen molar-refractivity contribution in [2.75, 3.05) is 20.6 Å². The maximum Gasteiger partial charge on any atom is 0.198 e. The predicted octanol–water partition coefficient (Wildman–Crippen LogP) is 3.68. The van der Waals surface area contributed by atoms with Gasteiger partial charge in [-0.15, -0.1) is 0 Å². The van der Waals surface area contributed by atoms with Crippen LogP contribution in [0.4, 0.5) is 8.78 Å². The number of ether oxygens (including phenoxy) is 1. The summed E-state index contributed by atoms with van der Waals surface area (Å²) in [4.78, 5) is 2.06. The monoisotopic (exact) mass is 277 g/mol. The summed E-state index contributed by atoms with van der Waals surface area (Å²) in [5, 5.41) is 0. The lowest BCUT2D eigenvalue weighted by Gasteiger charge is -2.13. The molecule has 0 unspecified atom stereocenters. The molecular formula is C16H17F2NO. The molecule has 106 valence electrons. The van der Waals surface area contributed by atoms with Crippen LogP contribution in [0.15, 0.2) is 53.8 Å². The minimum atomic E-state index is -0.701. The first-order valence-electron chi connectivity index (χ1n) is 6.40. The van der Waals surface area contributed by atoms with Gasteiger partial charge in [-0.25, -0.2) is 8.78 Å². The molecule has 0 aliphatic heterocycles. The zero-order valence-electron chi connectivity index (χ0n) is 11.6. The Morgan fingerprint density at radius 1 is 1.20 bits per heavy atom. The number of para-hydroxylation sites is 1. The fourth-order valence-corrected chi connectivity index (χ4v) is 1.77. The summed E-state index contributed by atoms with van der Waals surface area (Å²) < 4.78 is 32.2. The summed E-state index contributed by atoms with van der Waals surface area (Å²) in [5.41, 5.74) is 1.15. The first kappa shape index (κ1) is 14.5. The molecule has 0 N–H and O–H groups in total. The Kier molecular flexibility index (Phi) is 4.69. The lowest BCUT2D eigenvalue weighted by Crippen LogP contribution is -2.11. The molecule has 0 spiro atoms. The number of likely N-dealkylation sites (N-methyl/N-ethyl adjacent to an activating group) is 1. The molecule has 0 saturated carbocycles. The van der Waals surface area contributed by atoms with Crippen LogP contribution >= 0.6 is 0 Å². The number of hydrogen-bond donors (Lipinski definition) is 0. The fraction of sp³-hybridized carbons (Fsp3) is 0.250. The Bertz CT molecular complexity index is 554. The zero-order valence-corrected chi connectivity index (χ0v) is 11.6. The largest absolute Gasteiger partial charge is 0.452 e. The molecule has 0 atom stereocenters. The van der Waals surface area contributed by atoms with Gasteiger partial charge in [0.1, 0.15) is 5.76 Å². The standard InChI is InChI=1S/C16H17F2NO/c1-19(2)11-10-12-6-8-13(9-7-12)20-16-14(17)4-3-5-15(16)18/h3-6,8-10H,7,11H2,1-2H3. The van der Waals surface area contributed by atoms with Crippen LogP contribution < -0.4 is 4.74 Å². The summed E-state index contributed by atoms with van der Waals surface area (Å²) in [7, 11) is 3.99. The van der Waals surface area contributed by atoms with Gasteiger partial charge >= 0.3 is 0 Å². The third kappa shape index (κ3) is 3.78. The molecule has 0 radical (unpaired) electrons. The third-order valence-corrected chi connectivity index (χ3v) is 2.86. The second kappa shape index (κ2) is 6.48. The van der Waals surface area contributed by atoms with Crippen LogP contribution in [0.3, 0.4) is 0 Å². The van der Waals surface area contributed by atoms with Crippen molar-refractivity contribution in [3.63, 3.8) is 0 Å². The Hall–Kier alpha value is -1.94. The van der Waals surface area contributed by atoms with Crippen molar-refractivity contribution in [2.45, 2.75) is 6.42 Å². The molecule has 0 aromatic heterocycles. The van der Waals surface area contributed by atoms with Gasteiger partial charge in [-0.3, -0.25) is 0 Å². The maximum absolute atomic E-state index is 13.5. The van der Waals surface area contributed by atoms with E-state index in [0.29, 0.717) is 12.2 Å². The highest BCUT2D eigenvalue weighted by atomic mass is 19.1. The molecule has 2 rings (SSSR count). The molecule has 0 heterocycles. The van der Waals surface area contributed by atoms with E-state index in [4.69, 9.17) is 4.74 Å². The number of halogens is 2. The van der Waals surface area contributed by atoms with E-state index in [9.17, 15) is 8.78 Å². The maximum atomic E-state index is 13.5. The smallest absolute Gasteiger partial charge is 0.198 e. The molecule has 1 aromatic carbocycles. The van der Waals surface area contributed by atoms with Crippen molar-refractivity contribution in [1.29, 1.82) is 0 Å². The van der Waals surface area contributed by atoms with Crippen molar-refractivity contribution in [1.82, 2.24) is 4.90 Å². The molecule has 4 heteroatoms. The van der Waals surface area contributed by atoms with E-state index in [0.717, 1.165) is 12.1 Å². The lowest BCUT2D eigenvalue weighted by molar-refractivity contribution is 0.380. The van der Waals surface area contributed by atoms with E-state index >= 15 is 0 Å². The van der Waals surface area contributed by atoms with E-state index in [-0.39, 0.29) is 5.75 Å². The van der Waals surface area contributed by atoms with Crippen LogP contribution in [0.2, 0.25) is 0 Å². The van der Waals surface area contributed by atoms with Gasteiger partial charge < -0.3 is 9.64 Å². The highest BCUT2D eigenvalue weighted by Gasteiger charge is 2.12. The molecule has 2 nitrogen and oxygen atoms in total. The fourth-order valence-electron chi connectivity index (χ4n) is 1.77. The van der Waals surface area contributed by atoms with E-state index < -0.39 is 11.6 Å². The summed E-state index contributed by atoms with van der Waals surface area (Å²) in [6.07, 6.45) is 8.23. The summed E-state index contributed by atoms with van der Waals surface area (Å²) >= 11 is 0. The van der Waals surface area contributed by atoms with Gasteiger partial charge in [-0.05, 0) is 50.4 Å². The summed E-state index contributed by atoms with van der Waals surface area (Å²) in [6, 6.07) is 3.66. The van der Waals surface area contributed by atoms with Crippen molar-refractivity contribution >= 4 is 0 Å². The van der Waals surface area contributed by atoms with Crippen LogP contribution in [0.25, 0.3) is 0 Å². The minimum absolute atomic E-state index is 0.357. The van der Waals surface area contributed by atoms with E-state index in [1.54, 1.807) is 6.08 Å². The van der Waals surface area contributed by atoms with Gasteiger partial charge in [0.05, 0.1) is 0 Å². The summed E-state index contributed by atoms with van der Waals surface area (Å²) in [5.74, 6) is -1.30. The van der Waals surface area contributed by atoms with Crippen LogP contribution in [0.1, 0.15) is 6.42 Å². The van der Waals surface area contributed by atoms with E-state index in [2.05, 4.69) is 11.0 Å². The Balaban J connectivity index is 2.04. The SMILES string of the molecule is CN(C)CC=C1C=CC(Oc2c(F)cccc2F)=CC1. The normalized spacial score (nSPS) is 16.6. The average molecular weight is 277 g/mol. The van der Waals surface area contributed by atoms with Crippen molar-refractivity contribution < 1.29 is 13.5 Å². The van der Waals surface area contributed by atoms with Crippen LogP contribution in [0.5, 0.6) is 5.75 Å². The number of hydrogen-bond acceptors (Lipinski definition) is 2. The van der Waals surface area contributed by atoms with Crippen molar-refractivity contribution in [3.8, 4) is 5.75 Å². The van der Waals surface area contributed by atoms with E-state index in [1.807, 2.05) is 26.2 Å². The molecule has 1 aromatic rings. The highest BCUT2D eigenvalue weighted by Crippen LogP contribution is 2.25. The van der Waals surface area contributed by atoms with Gasteiger partial charge in [-0.1, -0.05) is 18.2 Å². The number of nitrogens with zero attached hydrogens (tertiary/aromatic N) is 1. The van der Waals surface area contributed by atoms with Crippen molar-refractivity contribution in [3.05, 3.63) is 65.5 Å². The zero-order chi connectivity index (χ0) is 14.5. The summed E-state index contributed by atoms with van der Waals surface area (Å²) in [6.45, 7) is 0.853. The minimum Gasteiger partial charge on any atom is -0.452 e. The molecule has 0 saturated heterocycles. The Morgan fingerprint density at radius 2 is 1.90 bits per heavy atom. The molecular weight excluding hydrogens is 260 g/mol. The first-order chi connectivity index (χ1) is 9.56. The molecule has 0 fully saturated rings. The molecule has 1 aliphatic rings. The second-order valence-corrected chi connectivity index (χ2v) is 4.84. The van der Waals surface area contributed by atoms with Gasteiger partial charge in [0, 0.05) is 6.54 Å². The Morgan fingerprint density at radius 3 is 2.45 bits per heavy atom. The van der Waals surface area contributed by atoms with Crippen molar-refractivity contribution in [2.24, 2.45) is 0 Å². The number of rotatable bonds is 4. The van der Waals surface area contributed by atoms with Gasteiger partial charge in [0.2, 0.25) is 0 Å². The third-order valence-electron chi connectivity index (χ3n) is 2.86. The molecule has 1 aliphatic carbocycles. The van der Waals surface area contributed by atoms with E-state index in [1.165, 1.54) is 18.2 Å². The quantitative estimate of drug-likeness (QED) is 0.832. The van der Waals surface area contributed by atoms with Crippen LogP contribution in [-0.4, -0.2) is 25.5 Å². The molecule has 20 heavy (non-hydrogen) atoms. The van der Waals surface area contributed by atoms with Crippen LogP contribution in [0, 0.1) is 11.6 Å². The van der Waals surface area contributed by atoms with Gasteiger partial charge in [0.15, 0.2) is 17.4 Å². The predicted molar refractivity (Wildman–Crippen MR) is 75.5 cm³/mol. The number of benzene rings is 1. The average Bonchev–Trinajstić information content (AvgIpc) is 2.42. The Labute approximate surface area is 117 Å². The number of allylic oxidation sites excluding steroid dienone is 4. The first-order valence-corrected chi connectivity index (χ1v) is 6.40. The lowest BCUT2D eigenvalue weighted by atomic mass is 10.1. The second-order valence-electron chi connectivity index (χ2n) is 4.84. The van der Waals surface area contributed by atoms with Gasteiger partial charge in [0.25, 0.3) is 0 Å². The topological polar surface area (TPSA) is 12.5 Å². The van der Waals surface area contributed by atoms with Gasteiger partial charge in [-0.2, -0.15) is 0 Å². The molecule has 0 amide bonds.